The van der Waals surface area contributed by atoms with Crippen molar-refractivity contribution in [3.05, 3.63) is 72.3 Å². The molecule has 3 aromatic rings. The van der Waals surface area contributed by atoms with E-state index in [1.807, 2.05) is 14.1 Å². The molecule has 0 bridgehead atoms. The summed E-state index contributed by atoms with van der Waals surface area (Å²) in [6.07, 6.45) is 1.05. The lowest BCUT2D eigenvalue weighted by Crippen LogP contribution is -2.36. The van der Waals surface area contributed by atoms with Crippen LogP contribution >= 0.6 is 12.2 Å². The van der Waals surface area contributed by atoms with Crippen molar-refractivity contribution in [1.29, 1.82) is 0 Å². The number of nitrogens with zero attached hydrogens (tertiary/aromatic N) is 3. The Morgan fingerprint density at radius 2 is 1.53 bits per heavy atom. The molecular weight excluding hydrogens is 388 g/mol. The first kappa shape index (κ1) is 22.1. The number of thiocarbonyl (C=S) groups is 1. The van der Waals surface area contributed by atoms with Crippen LogP contribution < -0.4 is 10.2 Å². The molecule has 0 aromatic heterocycles. The first-order valence-corrected chi connectivity index (χ1v) is 10.8. The lowest BCUT2D eigenvalue weighted by Gasteiger charge is -2.27. The van der Waals surface area contributed by atoms with Crippen LogP contribution in [0.3, 0.4) is 0 Å². The van der Waals surface area contributed by atoms with Gasteiger partial charge in [0.15, 0.2) is 5.11 Å². The van der Waals surface area contributed by atoms with Crippen LogP contribution in [-0.4, -0.2) is 56.2 Å². The van der Waals surface area contributed by atoms with Gasteiger partial charge in [-0.25, -0.2) is 0 Å². The summed E-state index contributed by atoms with van der Waals surface area (Å²) in [5.74, 6) is 0. The van der Waals surface area contributed by atoms with Gasteiger partial charge in [-0.3, -0.25) is 0 Å². The van der Waals surface area contributed by atoms with Crippen molar-refractivity contribution in [2.75, 3.05) is 51.5 Å². The fraction of sp³-hybridized carbons (Fsp3) is 0.320. The molecule has 30 heavy (non-hydrogen) atoms. The second-order valence-electron chi connectivity index (χ2n) is 8.09. The van der Waals surface area contributed by atoms with Crippen LogP contribution in [0.2, 0.25) is 0 Å². The topological polar surface area (TPSA) is 21.8 Å². The SMILES string of the molecule is CN(C)CCCN(Cc1cccc2ccccc12)C(=S)Nc1ccc(N(C)C)cc1. The molecule has 0 unspecified atom stereocenters. The molecule has 3 aromatic carbocycles. The molecule has 0 fully saturated rings. The Kier molecular flexibility index (Phi) is 7.66. The molecule has 0 aliphatic carbocycles. The smallest absolute Gasteiger partial charge is 0.173 e. The van der Waals surface area contributed by atoms with Crippen LogP contribution in [0.4, 0.5) is 11.4 Å². The normalized spacial score (nSPS) is 11.0. The number of nitrogens with one attached hydrogen (secondary N) is 1. The van der Waals surface area contributed by atoms with Crippen LogP contribution in [0.15, 0.2) is 66.7 Å². The molecule has 0 aliphatic rings. The maximum Gasteiger partial charge on any atom is 0.173 e. The van der Waals surface area contributed by atoms with Crippen LogP contribution in [-0.2, 0) is 6.54 Å². The average molecular weight is 421 g/mol. The number of rotatable bonds is 8. The number of benzene rings is 3. The molecule has 0 atom stereocenters. The van der Waals surface area contributed by atoms with Gasteiger partial charge in [-0.1, -0.05) is 42.5 Å². The Balaban J connectivity index is 1.77. The van der Waals surface area contributed by atoms with Gasteiger partial charge >= 0.3 is 0 Å². The molecule has 0 aliphatic heterocycles. The maximum atomic E-state index is 5.83. The molecule has 158 valence electrons. The lowest BCUT2D eigenvalue weighted by atomic mass is 10.0. The minimum Gasteiger partial charge on any atom is -0.378 e. The molecule has 1 N–H and O–H groups in total. The number of hydrogen-bond acceptors (Lipinski definition) is 3. The third-order valence-electron chi connectivity index (χ3n) is 5.20. The average Bonchev–Trinajstić information content (AvgIpc) is 2.73. The van der Waals surface area contributed by atoms with Crippen LogP contribution in [0, 0.1) is 0 Å². The zero-order valence-electron chi connectivity index (χ0n) is 18.4. The number of hydrogen-bond donors (Lipinski definition) is 1. The number of fused-ring (bicyclic) bond motifs is 1. The zero-order valence-corrected chi connectivity index (χ0v) is 19.2. The predicted octanol–water partition coefficient (Wildman–Crippen LogP) is 5.06. The Labute approximate surface area is 186 Å². The molecule has 0 amide bonds. The minimum absolute atomic E-state index is 0.763. The Morgan fingerprint density at radius 1 is 0.833 bits per heavy atom. The van der Waals surface area contributed by atoms with Crippen molar-refractivity contribution in [1.82, 2.24) is 9.80 Å². The first-order valence-electron chi connectivity index (χ1n) is 10.4. The molecular formula is C25H32N4S. The summed E-state index contributed by atoms with van der Waals surface area (Å²) in [5.41, 5.74) is 3.48. The Morgan fingerprint density at radius 3 is 2.23 bits per heavy atom. The van der Waals surface area contributed by atoms with Gasteiger partial charge in [0, 0.05) is 38.6 Å². The summed E-state index contributed by atoms with van der Waals surface area (Å²) in [6.45, 7) is 2.73. The minimum atomic E-state index is 0.763. The largest absolute Gasteiger partial charge is 0.378 e. The highest BCUT2D eigenvalue weighted by atomic mass is 32.1. The van der Waals surface area contributed by atoms with Crippen molar-refractivity contribution < 1.29 is 0 Å². The Bertz CT molecular complexity index is 961. The van der Waals surface area contributed by atoms with Gasteiger partial charge in [-0.05, 0) is 79.9 Å². The molecule has 5 heteroatoms. The third-order valence-corrected chi connectivity index (χ3v) is 5.56. The van der Waals surface area contributed by atoms with Gasteiger partial charge < -0.3 is 20.0 Å². The van der Waals surface area contributed by atoms with Gasteiger partial charge in [0.05, 0.1) is 0 Å². The third kappa shape index (κ3) is 5.94. The molecule has 0 saturated heterocycles. The van der Waals surface area contributed by atoms with Gasteiger partial charge in [0.25, 0.3) is 0 Å². The Hall–Kier alpha value is -2.63. The molecule has 0 radical (unpaired) electrons. The van der Waals surface area contributed by atoms with Crippen LogP contribution in [0.1, 0.15) is 12.0 Å². The second kappa shape index (κ2) is 10.4. The molecule has 0 heterocycles. The molecule has 4 nitrogen and oxygen atoms in total. The molecule has 0 spiro atoms. The highest BCUT2D eigenvalue weighted by Crippen LogP contribution is 2.21. The summed E-state index contributed by atoms with van der Waals surface area (Å²) in [7, 11) is 8.31. The van der Waals surface area contributed by atoms with Gasteiger partial charge in [0.1, 0.15) is 0 Å². The molecule has 0 saturated carbocycles. The summed E-state index contributed by atoms with van der Waals surface area (Å²) in [4.78, 5) is 6.59. The summed E-state index contributed by atoms with van der Waals surface area (Å²) >= 11 is 5.83. The van der Waals surface area contributed by atoms with Crippen molar-refractivity contribution in [2.24, 2.45) is 0 Å². The highest BCUT2D eigenvalue weighted by Gasteiger charge is 2.13. The standard InChI is InChI=1S/C25H32N4S/c1-27(2)17-8-18-29(19-21-11-7-10-20-9-5-6-12-24(20)21)25(30)26-22-13-15-23(16-14-22)28(3)4/h5-7,9-16H,8,17-19H2,1-4H3,(H,26,30). The van der Waals surface area contributed by atoms with E-state index >= 15 is 0 Å². The van der Waals surface area contributed by atoms with Crippen molar-refractivity contribution in [3.8, 4) is 0 Å². The van der Waals surface area contributed by atoms with Crippen molar-refractivity contribution in [2.45, 2.75) is 13.0 Å². The monoisotopic (exact) mass is 420 g/mol. The van der Waals surface area contributed by atoms with Crippen LogP contribution in [0.5, 0.6) is 0 Å². The van der Waals surface area contributed by atoms with Crippen LogP contribution in [0.25, 0.3) is 10.8 Å². The van der Waals surface area contributed by atoms with E-state index in [0.29, 0.717) is 0 Å². The number of anilines is 2. The van der Waals surface area contributed by atoms with Gasteiger partial charge in [0.2, 0.25) is 0 Å². The van der Waals surface area contributed by atoms with Gasteiger partial charge in [-0.15, -0.1) is 0 Å². The molecule has 3 rings (SSSR count). The fourth-order valence-electron chi connectivity index (χ4n) is 3.51. The van der Waals surface area contributed by atoms with E-state index in [0.717, 1.165) is 36.9 Å². The van der Waals surface area contributed by atoms with Crippen molar-refractivity contribution in [3.63, 3.8) is 0 Å². The predicted molar refractivity (Wildman–Crippen MR) is 135 cm³/mol. The van der Waals surface area contributed by atoms with E-state index in [4.69, 9.17) is 12.2 Å². The van der Waals surface area contributed by atoms with Crippen molar-refractivity contribution >= 4 is 39.5 Å². The first-order chi connectivity index (χ1) is 14.4. The lowest BCUT2D eigenvalue weighted by molar-refractivity contribution is 0.347. The summed E-state index contributed by atoms with van der Waals surface area (Å²) < 4.78 is 0. The fourth-order valence-corrected chi connectivity index (χ4v) is 3.79. The summed E-state index contributed by atoms with van der Waals surface area (Å²) in [5, 5.41) is 6.76. The zero-order chi connectivity index (χ0) is 21.5. The van der Waals surface area contributed by atoms with E-state index in [1.165, 1.54) is 22.0 Å². The maximum absolute atomic E-state index is 5.83. The highest BCUT2D eigenvalue weighted by molar-refractivity contribution is 7.80. The van der Waals surface area contributed by atoms with E-state index in [2.05, 4.69) is 101 Å². The summed E-state index contributed by atoms with van der Waals surface area (Å²) in [6, 6.07) is 23.4. The van der Waals surface area contributed by atoms with E-state index < -0.39 is 0 Å². The van der Waals surface area contributed by atoms with E-state index in [1.54, 1.807) is 0 Å². The quantitative estimate of drug-likeness (QED) is 0.513. The van der Waals surface area contributed by atoms with Gasteiger partial charge in [-0.2, -0.15) is 0 Å². The second-order valence-corrected chi connectivity index (χ2v) is 8.47. The van der Waals surface area contributed by atoms with E-state index in [-0.39, 0.29) is 0 Å². The van der Waals surface area contributed by atoms with E-state index in [9.17, 15) is 0 Å².